The van der Waals surface area contributed by atoms with Crippen molar-refractivity contribution in [2.24, 2.45) is 5.92 Å². The number of methoxy groups -OCH3 is 1. The summed E-state index contributed by atoms with van der Waals surface area (Å²) in [6.45, 7) is 1.68. The van der Waals surface area contributed by atoms with Crippen molar-refractivity contribution in [3.8, 4) is 5.75 Å². The van der Waals surface area contributed by atoms with Crippen LogP contribution in [0, 0.1) is 5.92 Å². The number of hydrogen-bond donors (Lipinski definition) is 0. The molecule has 6 heteroatoms. The molecule has 116 valence electrons. The predicted molar refractivity (Wildman–Crippen MR) is 73.8 cm³/mol. The second-order valence-corrected chi connectivity index (χ2v) is 5.07. The van der Waals surface area contributed by atoms with E-state index in [1.165, 1.54) is 0 Å². The number of amides is 1. The van der Waals surface area contributed by atoms with Gasteiger partial charge in [0.15, 0.2) is 0 Å². The van der Waals surface area contributed by atoms with Gasteiger partial charge in [-0.2, -0.15) is 0 Å². The maximum atomic E-state index is 12.2. The van der Waals surface area contributed by atoms with E-state index in [0.29, 0.717) is 37.6 Å². The summed E-state index contributed by atoms with van der Waals surface area (Å²) in [7, 11) is 1.59. The molecule has 1 saturated heterocycles. The highest BCUT2D eigenvalue weighted by Crippen LogP contribution is 2.25. The van der Waals surface area contributed by atoms with Gasteiger partial charge in [-0.25, -0.2) is 8.78 Å². The van der Waals surface area contributed by atoms with Crippen LogP contribution in [-0.4, -0.2) is 50.6 Å². The lowest BCUT2D eigenvalue weighted by molar-refractivity contribution is 0.0280. The Balaban J connectivity index is 1.87. The number of rotatable bonds is 7. The lowest BCUT2D eigenvalue weighted by atomic mass is 9.95. The molecule has 0 bridgehead atoms. The molecule has 21 heavy (non-hydrogen) atoms. The van der Waals surface area contributed by atoms with E-state index in [2.05, 4.69) is 0 Å². The third-order valence-electron chi connectivity index (χ3n) is 3.39. The number of halogens is 2. The van der Waals surface area contributed by atoms with Crippen LogP contribution in [-0.2, 0) is 4.74 Å². The van der Waals surface area contributed by atoms with Gasteiger partial charge < -0.3 is 14.4 Å². The summed E-state index contributed by atoms with van der Waals surface area (Å²) >= 11 is 0. The molecule has 0 N–H and O–H groups in total. The molecule has 0 saturated carbocycles. The van der Waals surface area contributed by atoms with Crippen LogP contribution in [0.1, 0.15) is 16.8 Å². The van der Waals surface area contributed by atoms with Crippen LogP contribution < -0.4 is 4.74 Å². The number of ether oxygens (including phenoxy) is 2. The number of benzene rings is 1. The Morgan fingerprint density at radius 1 is 1.38 bits per heavy atom. The van der Waals surface area contributed by atoms with Gasteiger partial charge in [0.1, 0.15) is 12.4 Å². The number of likely N-dealkylation sites (tertiary alicyclic amines) is 1. The smallest absolute Gasteiger partial charge is 0.254 e. The first kappa shape index (κ1) is 15.7. The monoisotopic (exact) mass is 299 g/mol. The van der Waals surface area contributed by atoms with E-state index in [0.717, 1.165) is 0 Å². The van der Waals surface area contributed by atoms with Gasteiger partial charge in [0.05, 0.1) is 6.61 Å². The van der Waals surface area contributed by atoms with Crippen LogP contribution >= 0.6 is 0 Å². The first-order valence-corrected chi connectivity index (χ1v) is 6.89. The summed E-state index contributed by atoms with van der Waals surface area (Å²) in [5, 5.41) is 0. The van der Waals surface area contributed by atoms with E-state index in [1.54, 1.807) is 36.3 Å². The lowest BCUT2D eigenvalue weighted by Gasteiger charge is -2.39. The fourth-order valence-electron chi connectivity index (χ4n) is 2.28. The summed E-state index contributed by atoms with van der Waals surface area (Å²) in [6, 6.07) is 6.87. The van der Waals surface area contributed by atoms with Crippen molar-refractivity contribution in [1.82, 2.24) is 4.90 Å². The highest BCUT2D eigenvalue weighted by Gasteiger charge is 2.32. The van der Waals surface area contributed by atoms with Gasteiger partial charge in [0, 0.05) is 32.2 Å². The van der Waals surface area contributed by atoms with Crippen molar-refractivity contribution in [3.63, 3.8) is 0 Å². The number of hydrogen-bond acceptors (Lipinski definition) is 3. The molecule has 1 amide bonds. The third kappa shape index (κ3) is 4.39. The van der Waals surface area contributed by atoms with Gasteiger partial charge in [0.2, 0.25) is 6.43 Å². The molecule has 1 aromatic carbocycles. The second-order valence-electron chi connectivity index (χ2n) is 5.07. The molecule has 0 aromatic heterocycles. The number of nitrogens with zero attached hydrogens (tertiary/aromatic N) is 1. The summed E-state index contributed by atoms with van der Waals surface area (Å²) in [6.07, 6.45) is -2.44. The van der Waals surface area contributed by atoms with Crippen LogP contribution in [0.15, 0.2) is 24.3 Å². The normalized spacial score (nSPS) is 15.1. The Kier molecular flexibility index (Phi) is 5.50. The zero-order valence-electron chi connectivity index (χ0n) is 11.9. The average Bonchev–Trinajstić information content (AvgIpc) is 2.42. The maximum absolute atomic E-state index is 12.2. The van der Waals surface area contributed by atoms with E-state index in [-0.39, 0.29) is 18.2 Å². The molecule has 4 nitrogen and oxygen atoms in total. The van der Waals surface area contributed by atoms with Crippen molar-refractivity contribution < 1.29 is 23.0 Å². The minimum absolute atomic E-state index is 0.0879. The van der Waals surface area contributed by atoms with Gasteiger partial charge in [0.25, 0.3) is 5.91 Å². The molecule has 1 aliphatic heterocycles. The largest absolute Gasteiger partial charge is 0.491 e. The minimum atomic E-state index is -2.30. The highest BCUT2D eigenvalue weighted by atomic mass is 19.3. The van der Waals surface area contributed by atoms with E-state index in [1.807, 2.05) is 0 Å². The van der Waals surface area contributed by atoms with Crippen LogP contribution in [0.3, 0.4) is 0 Å². The first-order chi connectivity index (χ1) is 10.1. The topological polar surface area (TPSA) is 38.8 Å². The zero-order valence-corrected chi connectivity index (χ0v) is 11.9. The quantitative estimate of drug-likeness (QED) is 0.726. The van der Waals surface area contributed by atoms with Gasteiger partial charge in [-0.3, -0.25) is 4.79 Å². The van der Waals surface area contributed by atoms with Crippen molar-refractivity contribution in [1.29, 1.82) is 0 Å². The van der Waals surface area contributed by atoms with Crippen molar-refractivity contribution in [3.05, 3.63) is 29.8 Å². The van der Waals surface area contributed by atoms with Gasteiger partial charge in [-0.15, -0.1) is 0 Å². The van der Waals surface area contributed by atoms with Crippen molar-refractivity contribution in [2.45, 2.75) is 12.8 Å². The average molecular weight is 299 g/mol. The van der Waals surface area contributed by atoms with Crippen molar-refractivity contribution in [2.75, 3.05) is 33.4 Å². The number of alkyl halides is 2. The summed E-state index contributed by atoms with van der Waals surface area (Å²) in [4.78, 5) is 13.8. The van der Waals surface area contributed by atoms with Crippen LogP contribution in [0.25, 0.3) is 0 Å². The minimum Gasteiger partial charge on any atom is -0.491 e. The molecule has 0 spiro atoms. The van der Waals surface area contributed by atoms with Crippen LogP contribution in [0.4, 0.5) is 8.78 Å². The van der Waals surface area contributed by atoms with Crippen LogP contribution in [0.2, 0.25) is 0 Å². The molecule has 2 rings (SSSR count). The summed E-state index contributed by atoms with van der Waals surface area (Å²) < 4.78 is 34.8. The molecule has 1 aliphatic rings. The fourth-order valence-corrected chi connectivity index (χ4v) is 2.28. The molecule has 0 unspecified atom stereocenters. The molecule has 1 heterocycles. The predicted octanol–water partition coefficient (Wildman–Crippen LogP) is 2.44. The van der Waals surface area contributed by atoms with E-state index >= 15 is 0 Å². The molecular weight excluding hydrogens is 280 g/mol. The van der Waals surface area contributed by atoms with E-state index < -0.39 is 6.43 Å². The van der Waals surface area contributed by atoms with E-state index in [4.69, 9.17) is 9.47 Å². The number of carbonyl (C=O) groups excluding carboxylic acids is 1. The Hall–Kier alpha value is -1.69. The molecule has 1 aromatic rings. The Bertz CT molecular complexity index is 476. The van der Waals surface area contributed by atoms with Gasteiger partial charge in [-0.1, -0.05) is 6.07 Å². The Labute approximate surface area is 122 Å². The van der Waals surface area contributed by atoms with Gasteiger partial charge >= 0.3 is 0 Å². The highest BCUT2D eigenvalue weighted by molar-refractivity contribution is 5.95. The molecule has 1 fully saturated rings. The van der Waals surface area contributed by atoms with Crippen molar-refractivity contribution >= 4 is 5.91 Å². The fraction of sp³-hybridized carbons (Fsp3) is 0.533. The maximum Gasteiger partial charge on any atom is 0.254 e. The lowest BCUT2D eigenvalue weighted by Crippen LogP contribution is -2.50. The summed E-state index contributed by atoms with van der Waals surface area (Å²) in [5.74, 6) is 0.371. The molecule has 0 atom stereocenters. The Morgan fingerprint density at radius 3 is 2.81 bits per heavy atom. The molecule has 0 radical (unpaired) electrons. The van der Waals surface area contributed by atoms with Crippen LogP contribution in [0.5, 0.6) is 5.75 Å². The molecule has 0 aliphatic carbocycles. The standard InChI is InChI=1S/C15H19F2NO3/c1-20-5-6-21-13-4-2-3-12(8-13)15(19)18-9-11(10-18)7-14(16)17/h2-4,8,11,14H,5-7,9-10H2,1H3. The number of carbonyl (C=O) groups is 1. The Morgan fingerprint density at radius 2 is 2.14 bits per heavy atom. The first-order valence-electron chi connectivity index (χ1n) is 6.89. The SMILES string of the molecule is COCCOc1cccc(C(=O)N2CC(CC(F)F)C2)c1. The molecular formula is C15H19F2NO3. The van der Waals surface area contributed by atoms with E-state index in [9.17, 15) is 13.6 Å². The second kappa shape index (κ2) is 7.36. The summed E-state index contributed by atoms with van der Waals surface area (Å²) in [5.41, 5.74) is 0.514. The zero-order chi connectivity index (χ0) is 15.2. The third-order valence-corrected chi connectivity index (χ3v) is 3.39. The van der Waals surface area contributed by atoms with Gasteiger partial charge in [-0.05, 0) is 24.1 Å².